The smallest absolute Gasteiger partial charge is 0.155 e. The predicted molar refractivity (Wildman–Crippen MR) is 79.3 cm³/mol. The van der Waals surface area contributed by atoms with Gasteiger partial charge in [-0.05, 0) is 30.3 Å². The van der Waals surface area contributed by atoms with E-state index < -0.39 is 0 Å². The van der Waals surface area contributed by atoms with Crippen LogP contribution in [0.1, 0.15) is 5.56 Å². The van der Waals surface area contributed by atoms with Crippen molar-refractivity contribution in [2.75, 3.05) is 5.73 Å². The molecule has 2 aromatic carbocycles. The van der Waals surface area contributed by atoms with E-state index in [9.17, 15) is 0 Å². The molecule has 92 valence electrons. The lowest BCUT2D eigenvalue weighted by Gasteiger charge is -1.98. The van der Waals surface area contributed by atoms with Crippen molar-refractivity contribution < 1.29 is 0 Å². The van der Waals surface area contributed by atoms with Gasteiger partial charge in [0.15, 0.2) is 4.34 Å². The third-order valence-electron chi connectivity index (χ3n) is 2.60. The number of anilines is 1. The van der Waals surface area contributed by atoms with Crippen molar-refractivity contribution in [1.82, 2.24) is 4.98 Å². The number of fused-ring (bicyclic) bond motifs is 1. The zero-order chi connectivity index (χ0) is 13.2. The monoisotopic (exact) mass is 283 g/mol. The second-order valence-corrected chi connectivity index (χ2v) is 6.24. The van der Waals surface area contributed by atoms with Crippen molar-refractivity contribution in [3.63, 3.8) is 0 Å². The van der Waals surface area contributed by atoms with E-state index in [4.69, 9.17) is 11.0 Å². The maximum atomic E-state index is 9.08. The molecule has 3 aromatic rings. The first-order valence-electron chi connectivity index (χ1n) is 5.59. The van der Waals surface area contributed by atoms with Gasteiger partial charge in [-0.15, -0.1) is 11.3 Å². The van der Waals surface area contributed by atoms with E-state index >= 15 is 0 Å². The second-order valence-electron chi connectivity index (χ2n) is 3.92. The minimum atomic E-state index is 0.672. The average molecular weight is 283 g/mol. The van der Waals surface area contributed by atoms with Crippen LogP contribution in [0.2, 0.25) is 0 Å². The Kier molecular flexibility index (Phi) is 3.11. The van der Waals surface area contributed by atoms with Crippen molar-refractivity contribution >= 4 is 39.0 Å². The highest BCUT2D eigenvalue weighted by atomic mass is 32.2. The van der Waals surface area contributed by atoms with Crippen LogP contribution in [-0.2, 0) is 0 Å². The number of hydrogen-bond donors (Lipinski definition) is 1. The van der Waals surface area contributed by atoms with E-state index in [0.717, 1.165) is 25.1 Å². The molecule has 0 atom stereocenters. The Morgan fingerprint density at radius 3 is 2.89 bits per heavy atom. The van der Waals surface area contributed by atoms with Crippen LogP contribution in [0.15, 0.2) is 51.7 Å². The summed E-state index contributed by atoms with van der Waals surface area (Å²) in [6.45, 7) is 0. The molecule has 0 aliphatic rings. The molecule has 5 heteroatoms. The van der Waals surface area contributed by atoms with E-state index in [2.05, 4.69) is 11.1 Å². The molecule has 0 saturated carbocycles. The highest BCUT2D eigenvalue weighted by Gasteiger charge is 2.08. The van der Waals surface area contributed by atoms with Crippen LogP contribution in [-0.4, -0.2) is 4.98 Å². The Hall–Kier alpha value is -2.03. The first kappa shape index (κ1) is 12.0. The third kappa shape index (κ3) is 2.41. The lowest BCUT2D eigenvalue weighted by atomic mass is 10.2. The fourth-order valence-electron chi connectivity index (χ4n) is 1.71. The number of hydrogen-bond acceptors (Lipinski definition) is 5. The van der Waals surface area contributed by atoms with Gasteiger partial charge in [-0.25, -0.2) is 4.98 Å². The Bertz CT molecular complexity index is 787. The van der Waals surface area contributed by atoms with E-state index in [-0.39, 0.29) is 0 Å². The van der Waals surface area contributed by atoms with Crippen molar-refractivity contribution in [3.8, 4) is 6.07 Å². The van der Waals surface area contributed by atoms with E-state index in [0.29, 0.717) is 5.56 Å². The SMILES string of the molecule is N#Cc1ccccc1Sc1nc2ccc(N)cc2s1. The number of rotatable bonds is 2. The van der Waals surface area contributed by atoms with E-state index in [1.807, 2.05) is 42.5 Å². The lowest BCUT2D eigenvalue weighted by molar-refractivity contribution is 1.28. The number of nitrogen functional groups attached to an aromatic ring is 1. The zero-order valence-electron chi connectivity index (χ0n) is 9.83. The van der Waals surface area contributed by atoms with Gasteiger partial charge < -0.3 is 5.73 Å². The average Bonchev–Trinajstić information content (AvgIpc) is 2.80. The summed E-state index contributed by atoms with van der Waals surface area (Å²) in [6, 6.07) is 15.4. The predicted octanol–water partition coefficient (Wildman–Crippen LogP) is 3.90. The molecule has 0 aliphatic heterocycles. The first-order valence-corrected chi connectivity index (χ1v) is 7.22. The summed E-state index contributed by atoms with van der Waals surface area (Å²) in [4.78, 5) is 5.47. The van der Waals surface area contributed by atoms with Crippen molar-refractivity contribution in [2.24, 2.45) is 0 Å². The molecule has 0 bridgehead atoms. The van der Waals surface area contributed by atoms with Gasteiger partial charge in [0, 0.05) is 10.6 Å². The molecular weight excluding hydrogens is 274 g/mol. The third-order valence-corrected chi connectivity index (χ3v) is 4.75. The topological polar surface area (TPSA) is 62.7 Å². The molecular formula is C14H9N3S2. The largest absolute Gasteiger partial charge is 0.399 e. The summed E-state index contributed by atoms with van der Waals surface area (Å²) in [5.74, 6) is 0. The summed E-state index contributed by atoms with van der Waals surface area (Å²) in [5.41, 5.74) is 8.11. The quantitative estimate of drug-likeness (QED) is 0.724. The molecule has 1 heterocycles. The van der Waals surface area contributed by atoms with E-state index in [1.54, 1.807) is 11.3 Å². The molecule has 0 unspecified atom stereocenters. The highest BCUT2D eigenvalue weighted by molar-refractivity contribution is 8.01. The molecule has 19 heavy (non-hydrogen) atoms. The van der Waals surface area contributed by atoms with E-state index in [1.165, 1.54) is 11.8 Å². The van der Waals surface area contributed by atoms with Crippen LogP contribution in [0.3, 0.4) is 0 Å². The first-order chi connectivity index (χ1) is 9.26. The standard InChI is InChI=1S/C14H9N3S2/c15-8-9-3-1-2-4-12(9)18-14-17-11-6-5-10(16)7-13(11)19-14/h1-7H,16H2. The lowest BCUT2D eigenvalue weighted by Crippen LogP contribution is -1.81. The van der Waals surface area contributed by atoms with Crippen LogP contribution in [0, 0.1) is 11.3 Å². The van der Waals surface area contributed by atoms with Gasteiger partial charge in [0.25, 0.3) is 0 Å². The van der Waals surface area contributed by atoms with Crippen molar-refractivity contribution in [3.05, 3.63) is 48.0 Å². The van der Waals surface area contributed by atoms with Crippen molar-refractivity contribution in [2.45, 2.75) is 9.24 Å². The molecule has 0 amide bonds. The molecule has 1 aromatic heterocycles. The number of nitriles is 1. The number of benzene rings is 2. The summed E-state index contributed by atoms with van der Waals surface area (Å²) in [5, 5.41) is 9.08. The second kappa shape index (κ2) is 4.92. The van der Waals surface area contributed by atoms with Gasteiger partial charge in [0.2, 0.25) is 0 Å². The molecule has 3 nitrogen and oxygen atoms in total. The van der Waals surface area contributed by atoms with Crippen LogP contribution in [0.4, 0.5) is 5.69 Å². The van der Waals surface area contributed by atoms with Crippen LogP contribution < -0.4 is 5.73 Å². The molecule has 0 spiro atoms. The Morgan fingerprint density at radius 1 is 1.21 bits per heavy atom. The van der Waals surface area contributed by atoms with Gasteiger partial charge in [0.05, 0.1) is 15.8 Å². The van der Waals surface area contributed by atoms with Crippen LogP contribution in [0.5, 0.6) is 0 Å². The zero-order valence-corrected chi connectivity index (χ0v) is 11.5. The highest BCUT2D eigenvalue weighted by Crippen LogP contribution is 2.36. The number of aromatic nitrogens is 1. The molecule has 0 fully saturated rings. The fraction of sp³-hybridized carbons (Fsp3) is 0. The van der Waals surface area contributed by atoms with Gasteiger partial charge in [-0.1, -0.05) is 23.9 Å². The summed E-state index contributed by atoms with van der Waals surface area (Å²) >= 11 is 3.10. The molecule has 0 saturated heterocycles. The van der Waals surface area contributed by atoms with Crippen LogP contribution in [0.25, 0.3) is 10.2 Å². The molecule has 0 aliphatic carbocycles. The maximum absolute atomic E-state index is 9.08. The van der Waals surface area contributed by atoms with Gasteiger partial charge >= 0.3 is 0 Å². The summed E-state index contributed by atoms with van der Waals surface area (Å²) in [6.07, 6.45) is 0. The van der Waals surface area contributed by atoms with Gasteiger partial charge in [-0.2, -0.15) is 5.26 Å². The van der Waals surface area contributed by atoms with Gasteiger partial charge in [-0.3, -0.25) is 0 Å². The summed E-state index contributed by atoms with van der Waals surface area (Å²) in [7, 11) is 0. The Labute approximate surface area is 118 Å². The Morgan fingerprint density at radius 2 is 2.05 bits per heavy atom. The summed E-state index contributed by atoms with van der Waals surface area (Å²) < 4.78 is 1.99. The minimum Gasteiger partial charge on any atom is -0.399 e. The number of nitrogens with zero attached hydrogens (tertiary/aromatic N) is 2. The fourth-order valence-corrected chi connectivity index (χ4v) is 3.86. The number of thiazole rings is 1. The molecule has 2 N–H and O–H groups in total. The normalized spacial score (nSPS) is 10.5. The maximum Gasteiger partial charge on any atom is 0.155 e. The van der Waals surface area contributed by atoms with Crippen LogP contribution >= 0.6 is 23.1 Å². The van der Waals surface area contributed by atoms with Crippen molar-refractivity contribution in [1.29, 1.82) is 5.26 Å². The number of nitrogens with two attached hydrogens (primary N) is 1. The van der Waals surface area contributed by atoms with Gasteiger partial charge in [0.1, 0.15) is 6.07 Å². The molecule has 0 radical (unpaired) electrons. The molecule has 3 rings (SSSR count). The minimum absolute atomic E-state index is 0.672. The Balaban J connectivity index is 1.99.